The number of aryl methyl sites for hydroxylation is 2. The Bertz CT molecular complexity index is 477. The van der Waals surface area contributed by atoms with Crippen molar-refractivity contribution in [1.29, 1.82) is 0 Å². The van der Waals surface area contributed by atoms with E-state index in [4.69, 9.17) is 5.73 Å². The van der Waals surface area contributed by atoms with Gasteiger partial charge in [0.15, 0.2) is 0 Å². The van der Waals surface area contributed by atoms with Crippen LogP contribution in [0.15, 0.2) is 24.5 Å². The average molecular weight is 201 g/mol. The van der Waals surface area contributed by atoms with E-state index < -0.39 is 0 Å². The third kappa shape index (κ3) is 1.73. The number of nitrogen functional groups attached to an aromatic ring is 1. The summed E-state index contributed by atoms with van der Waals surface area (Å²) in [5, 5.41) is 0. The first kappa shape index (κ1) is 9.77. The summed E-state index contributed by atoms with van der Waals surface area (Å²) in [6.07, 6.45) is 1.83. The Morgan fingerprint density at radius 1 is 1.13 bits per heavy atom. The van der Waals surface area contributed by atoms with Crippen LogP contribution >= 0.6 is 0 Å². The Morgan fingerprint density at radius 2 is 1.87 bits per heavy atom. The van der Waals surface area contributed by atoms with Gasteiger partial charge in [0.05, 0.1) is 12.0 Å². The molecular formula is C12H15N3. The number of rotatable bonds is 1. The summed E-state index contributed by atoms with van der Waals surface area (Å²) in [6, 6.07) is 6.02. The van der Waals surface area contributed by atoms with Crippen molar-refractivity contribution in [3.05, 3.63) is 41.5 Å². The van der Waals surface area contributed by atoms with Crippen LogP contribution in [0.4, 0.5) is 5.69 Å². The lowest BCUT2D eigenvalue weighted by Crippen LogP contribution is -1.97. The number of anilines is 1. The van der Waals surface area contributed by atoms with Gasteiger partial charge in [0.25, 0.3) is 0 Å². The van der Waals surface area contributed by atoms with E-state index in [2.05, 4.69) is 22.5 Å². The van der Waals surface area contributed by atoms with Crippen molar-refractivity contribution in [2.75, 3.05) is 5.73 Å². The van der Waals surface area contributed by atoms with E-state index in [1.807, 2.05) is 32.3 Å². The summed E-state index contributed by atoms with van der Waals surface area (Å²) >= 11 is 0. The van der Waals surface area contributed by atoms with Crippen molar-refractivity contribution in [2.24, 2.45) is 0 Å². The maximum Gasteiger partial charge on any atom is 0.0997 e. The SMILES string of the molecule is Cc1cc(N)cc(-n2cnc(C)c2C)c1. The van der Waals surface area contributed by atoms with E-state index in [1.165, 1.54) is 0 Å². The maximum atomic E-state index is 5.82. The molecule has 1 aromatic heterocycles. The topological polar surface area (TPSA) is 43.8 Å². The first-order valence-electron chi connectivity index (χ1n) is 4.96. The largest absolute Gasteiger partial charge is 0.399 e. The molecule has 0 fully saturated rings. The normalized spacial score (nSPS) is 10.6. The minimum atomic E-state index is 0.788. The fourth-order valence-electron chi connectivity index (χ4n) is 1.69. The molecule has 0 spiro atoms. The third-order valence-corrected chi connectivity index (χ3v) is 2.61. The summed E-state index contributed by atoms with van der Waals surface area (Å²) in [5.74, 6) is 0. The second-order valence-electron chi connectivity index (χ2n) is 3.89. The fourth-order valence-corrected chi connectivity index (χ4v) is 1.69. The second-order valence-corrected chi connectivity index (χ2v) is 3.89. The highest BCUT2D eigenvalue weighted by atomic mass is 15.1. The molecule has 0 aliphatic carbocycles. The highest BCUT2D eigenvalue weighted by Crippen LogP contribution is 2.18. The van der Waals surface area contributed by atoms with Crippen LogP contribution in [-0.4, -0.2) is 9.55 Å². The van der Waals surface area contributed by atoms with Gasteiger partial charge < -0.3 is 10.3 Å². The van der Waals surface area contributed by atoms with E-state index in [-0.39, 0.29) is 0 Å². The summed E-state index contributed by atoms with van der Waals surface area (Å²) < 4.78 is 2.05. The predicted octanol–water partition coefficient (Wildman–Crippen LogP) is 2.38. The molecule has 0 bridgehead atoms. The van der Waals surface area contributed by atoms with Gasteiger partial charge in [0, 0.05) is 17.1 Å². The first-order valence-corrected chi connectivity index (χ1v) is 4.96. The standard InChI is InChI=1S/C12H15N3/c1-8-4-11(13)6-12(5-8)15-7-14-9(2)10(15)3/h4-7H,13H2,1-3H3. The average Bonchev–Trinajstić information content (AvgIpc) is 2.46. The quantitative estimate of drug-likeness (QED) is 0.720. The molecule has 0 saturated heterocycles. The Labute approximate surface area is 89.6 Å². The first-order chi connectivity index (χ1) is 7.08. The van der Waals surface area contributed by atoms with Crippen LogP contribution in [0.1, 0.15) is 17.0 Å². The molecule has 2 aromatic rings. The van der Waals surface area contributed by atoms with E-state index in [9.17, 15) is 0 Å². The molecule has 0 atom stereocenters. The van der Waals surface area contributed by atoms with Crippen LogP contribution in [0.5, 0.6) is 0 Å². The molecular weight excluding hydrogens is 186 g/mol. The van der Waals surface area contributed by atoms with Crippen molar-refractivity contribution in [2.45, 2.75) is 20.8 Å². The van der Waals surface area contributed by atoms with Gasteiger partial charge in [-0.15, -0.1) is 0 Å². The zero-order valence-electron chi connectivity index (χ0n) is 9.28. The monoisotopic (exact) mass is 201 g/mol. The van der Waals surface area contributed by atoms with Gasteiger partial charge in [0.1, 0.15) is 0 Å². The molecule has 0 saturated carbocycles. The van der Waals surface area contributed by atoms with Crippen LogP contribution in [0, 0.1) is 20.8 Å². The van der Waals surface area contributed by atoms with Gasteiger partial charge in [-0.3, -0.25) is 0 Å². The molecule has 78 valence electrons. The number of aromatic nitrogens is 2. The summed E-state index contributed by atoms with van der Waals surface area (Å²) in [5.41, 5.74) is 11.0. The Kier molecular flexibility index (Phi) is 2.23. The zero-order chi connectivity index (χ0) is 11.0. The van der Waals surface area contributed by atoms with Crippen molar-refractivity contribution in [3.63, 3.8) is 0 Å². The maximum absolute atomic E-state index is 5.82. The number of hydrogen-bond donors (Lipinski definition) is 1. The number of imidazole rings is 1. The summed E-state index contributed by atoms with van der Waals surface area (Å²) in [6.45, 7) is 6.10. The van der Waals surface area contributed by atoms with Gasteiger partial charge >= 0.3 is 0 Å². The fraction of sp³-hybridized carbons (Fsp3) is 0.250. The summed E-state index contributed by atoms with van der Waals surface area (Å²) in [4.78, 5) is 4.27. The molecule has 1 aromatic carbocycles. The van der Waals surface area contributed by atoms with E-state index in [1.54, 1.807) is 0 Å². The number of benzene rings is 1. The molecule has 15 heavy (non-hydrogen) atoms. The van der Waals surface area contributed by atoms with Crippen LogP contribution in [0.25, 0.3) is 5.69 Å². The highest BCUT2D eigenvalue weighted by Gasteiger charge is 2.04. The van der Waals surface area contributed by atoms with Crippen molar-refractivity contribution in [3.8, 4) is 5.69 Å². The van der Waals surface area contributed by atoms with E-state index >= 15 is 0 Å². The number of hydrogen-bond acceptors (Lipinski definition) is 2. The van der Waals surface area contributed by atoms with Gasteiger partial charge in [-0.05, 0) is 44.5 Å². The molecule has 1 heterocycles. The van der Waals surface area contributed by atoms with Crippen molar-refractivity contribution in [1.82, 2.24) is 9.55 Å². The minimum Gasteiger partial charge on any atom is -0.399 e. The predicted molar refractivity (Wildman–Crippen MR) is 62.2 cm³/mol. The highest BCUT2D eigenvalue weighted by molar-refractivity contribution is 5.51. The molecule has 2 N–H and O–H groups in total. The molecule has 0 aliphatic heterocycles. The van der Waals surface area contributed by atoms with Gasteiger partial charge in [0.2, 0.25) is 0 Å². The second kappa shape index (κ2) is 3.42. The summed E-state index contributed by atoms with van der Waals surface area (Å²) in [7, 11) is 0. The zero-order valence-corrected chi connectivity index (χ0v) is 9.28. The lowest BCUT2D eigenvalue weighted by atomic mass is 10.2. The van der Waals surface area contributed by atoms with E-state index in [0.717, 1.165) is 28.3 Å². The van der Waals surface area contributed by atoms with Crippen LogP contribution in [0.2, 0.25) is 0 Å². The molecule has 0 radical (unpaired) electrons. The minimum absolute atomic E-state index is 0.788. The number of nitrogens with two attached hydrogens (primary N) is 1. The molecule has 0 unspecified atom stereocenters. The Morgan fingerprint density at radius 3 is 2.40 bits per heavy atom. The third-order valence-electron chi connectivity index (χ3n) is 2.61. The van der Waals surface area contributed by atoms with Gasteiger partial charge in [-0.25, -0.2) is 4.98 Å². The van der Waals surface area contributed by atoms with Gasteiger partial charge in [-0.2, -0.15) is 0 Å². The smallest absolute Gasteiger partial charge is 0.0997 e. The molecule has 0 aliphatic rings. The van der Waals surface area contributed by atoms with Crippen LogP contribution in [-0.2, 0) is 0 Å². The van der Waals surface area contributed by atoms with Crippen LogP contribution < -0.4 is 5.73 Å². The molecule has 3 heteroatoms. The lowest BCUT2D eigenvalue weighted by molar-refractivity contribution is 0.999. The number of nitrogens with zero attached hydrogens (tertiary/aromatic N) is 2. The molecule has 2 rings (SSSR count). The molecule has 0 amide bonds. The lowest BCUT2D eigenvalue weighted by Gasteiger charge is -2.07. The van der Waals surface area contributed by atoms with Crippen molar-refractivity contribution < 1.29 is 0 Å². The van der Waals surface area contributed by atoms with Crippen LogP contribution in [0.3, 0.4) is 0 Å². The Balaban J connectivity index is 2.58. The Hall–Kier alpha value is -1.77. The van der Waals surface area contributed by atoms with Gasteiger partial charge in [-0.1, -0.05) is 0 Å². The van der Waals surface area contributed by atoms with E-state index in [0.29, 0.717) is 0 Å². The van der Waals surface area contributed by atoms with Crippen molar-refractivity contribution >= 4 is 5.69 Å². The molecule has 3 nitrogen and oxygen atoms in total.